The number of ether oxygens (including phenoxy) is 1. The van der Waals surface area contributed by atoms with E-state index < -0.39 is 0 Å². The second-order valence-corrected chi connectivity index (χ2v) is 7.18. The van der Waals surface area contributed by atoms with Crippen molar-refractivity contribution < 1.29 is 9.53 Å². The molecule has 4 heterocycles. The Bertz CT molecular complexity index is 607. The molecule has 3 aliphatic heterocycles. The van der Waals surface area contributed by atoms with Crippen LogP contribution >= 0.6 is 0 Å². The number of hydrogen-bond acceptors (Lipinski definition) is 7. The number of hydrogen-bond donors (Lipinski definition) is 0. The van der Waals surface area contributed by atoms with Crippen LogP contribution in [0.3, 0.4) is 0 Å². The van der Waals surface area contributed by atoms with Gasteiger partial charge in [0, 0.05) is 58.4 Å². The highest BCUT2D eigenvalue weighted by Crippen LogP contribution is 2.20. The van der Waals surface area contributed by atoms with Crippen molar-refractivity contribution in [2.75, 3.05) is 81.9 Å². The first-order chi connectivity index (χ1) is 12.8. The van der Waals surface area contributed by atoms with Crippen molar-refractivity contribution in [2.45, 2.75) is 12.8 Å². The van der Waals surface area contributed by atoms with Gasteiger partial charge in [-0.3, -0.25) is 9.69 Å². The number of anilines is 2. The largest absolute Gasteiger partial charge is 0.378 e. The van der Waals surface area contributed by atoms with E-state index >= 15 is 0 Å². The summed E-state index contributed by atoms with van der Waals surface area (Å²) in [6.45, 7) is 9.27. The summed E-state index contributed by atoms with van der Waals surface area (Å²) in [4.78, 5) is 30.0. The number of likely N-dealkylation sites (tertiary alicyclic amines) is 1. The Morgan fingerprint density at radius 3 is 2.15 bits per heavy atom. The summed E-state index contributed by atoms with van der Waals surface area (Å²) in [7, 11) is 0. The van der Waals surface area contributed by atoms with Crippen LogP contribution in [-0.4, -0.2) is 97.8 Å². The van der Waals surface area contributed by atoms with Gasteiger partial charge < -0.3 is 19.4 Å². The summed E-state index contributed by atoms with van der Waals surface area (Å²) < 4.78 is 5.42. The highest BCUT2D eigenvalue weighted by molar-refractivity contribution is 5.78. The number of amides is 1. The van der Waals surface area contributed by atoms with Crippen molar-refractivity contribution in [1.29, 1.82) is 0 Å². The topological polar surface area (TPSA) is 65.0 Å². The molecule has 3 fully saturated rings. The molecule has 142 valence electrons. The number of nitrogens with zero attached hydrogens (tertiary/aromatic N) is 6. The predicted octanol–water partition coefficient (Wildman–Crippen LogP) is 0.0576. The van der Waals surface area contributed by atoms with Gasteiger partial charge in [-0.05, 0) is 12.8 Å². The minimum absolute atomic E-state index is 0.285. The molecule has 1 aromatic heterocycles. The van der Waals surface area contributed by atoms with E-state index in [1.807, 2.05) is 4.90 Å². The summed E-state index contributed by atoms with van der Waals surface area (Å²) >= 11 is 0. The number of rotatable bonds is 4. The Labute approximate surface area is 154 Å². The molecule has 0 unspecified atom stereocenters. The molecule has 4 rings (SSSR count). The molecule has 0 spiro atoms. The first kappa shape index (κ1) is 17.5. The molecular formula is C18H28N6O2. The molecule has 0 N–H and O–H groups in total. The van der Waals surface area contributed by atoms with Crippen molar-refractivity contribution in [3.05, 3.63) is 12.4 Å². The Hall–Kier alpha value is -1.93. The quantitative estimate of drug-likeness (QED) is 0.752. The number of piperazine rings is 1. The van der Waals surface area contributed by atoms with Crippen LogP contribution in [0.4, 0.5) is 11.6 Å². The number of morpholine rings is 1. The molecule has 0 aliphatic carbocycles. The second kappa shape index (κ2) is 8.18. The van der Waals surface area contributed by atoms with E-state index in [0.717, 1.165) is 90.0 Å². The van der Waals surface area contributed by atoms with E-state index in [1.54, 1.807) is 6.33 Å². The first-order valence-corrected chi connectivity index (χ1v) is 9.69. The Balaban J connectivity index is 1.30. The lowest BCUT2D eigenvalue weighted by atomic mass is 10.3. The van der Waals surface area contributed by atoms with Crippen molar-refractivity contribution in [3.8, 4) is 0 Å². The predicted molar refractivity (Wildman–Crippen MR) is 99.5 cm³/mol. The van der Waals surface area contributed by atoms with Crippen molar-refractivity contribution >= 4 is 17.5 Å². The number of aromatic nitrogens is 2. The van der Waals surface area contributed by atoms with E-state index in [9.17, 15) is 4.79 Å². The fourth-order valence-electron chi connectivity index (χ4n) is 3.87. The summed E-state index contributed by atoms with van der Waals surface area (Å²) in [5.74, 6) is 2.24. The van der Waals surface area contributed by atoms with Crippen LogP contribution in [0.2, 0.25) is 0 Å². The van der Waals surface area contributed by atoms with Gasteiger partial charge in [0.2, 0.25) is 5.91 Å². The van der Waals surface area contributed by atoms with Gasteiger partial charge >= 0.3 is 0 Å². The van der Waals surface area contributed by atoms with Gasteiger partial charge in [-0.2, -0.15) is 0 Å². The maximum atomic E-state index is 12.3. The third-order valence-electron chi connectivity index (χ3n) is 5.49. The second-order valence-electron chi connectivity index (χ2n) is 7.18. The molecule has 1 amide bonds. The molecule has 3 saturated heterocycles. The summed E-state index contributed by atoms with van der Waals surface area (Å²) in [5.41, 5.74) is 0. The maximum Gasteiger partial charge on any atom is 0.236 e. The molecule has 8 nitrogen and oxygen atoms in total. The van der Waals surface area contributed by atoms with Crippen molar-refractivity contribution in [1.82, 2.24) is 19.8 Å². The highest BCUT2D eigenvalue weighted by atomic mass is 16.5. The molecule has 3 aliphatic rings. The lowest BCUT2D eigenvalue weighted by Gasteiger charge is -2.36. The normalized spacial score (nSPS) is 22.1. The van der Waals surface area contributed by atoms with E-state index in [4.69, 9.17) is 4.74 Å². The minimum Gasteiger partial charge on any atom is -0.378 e. The average molecular weight is 360 g/mol. The first-order valence-electron chi connectivity index (χ1n) is 9.69. The van der Waals surface area contributed by atoms with Crippen LogP contribution in [0.25, 0.3) is 0 Å². The van der Waals surface area contributed by atoms with E-state index in [-0.39, 0.29) is 5.91 Å². The molecule has 0 radical (unpaired) electrons. The average Bonchev–Trinajstić information content (AvgIpc) is 3.24. The zero-order valence-electron chi connectivity index (χ0n) is 15.3. The zero-order chi connectivity index (χ0) is 17.8. The summed E-state index contributed by atoms with van der Waals surface area (Å²) in [6.07, 6.45) is 3.96. The minimum atomic E-state index is 0.285. The Morgan fingerprint density at radius 2 is 1.50 bits per heavy atom. The van der Waals surface area contributed by atoms with Gasteiger partial charge in [-0.25, -0.2) is 9.97 Å². The summed E-state index contributed by atoms with van der Waals surface area (Å²) in [6, 6.07) is 2.08. The maximum absolute atomic E-state index is 12.3. The Morgan fingerprint density at radius 1 is 0.885 bits per heavy atom. The van der Waals surface area contributed by atoms with E-state index in [2.05, 4.69) is 30.7 Å². The lowest BCUT2D eigenvalue weighted by Crippen LogP contribution is -2.50. The van der Waals surface area contributed by atoms with Gasteiger partial charge in [0.05, 0.1) is 19.8 Å². The van der Waals surface area contributed by atoms with Crippen LogP contribution in [0, 0.1) is 0 Å². The number of carbonyl (C=O) groups is 1. The molecule has 8 heteroatoms. The fraction of sp³-hybridized carbons (Fsp3) is 0.722. The number of carbonyl (C=O) groups excluding carboxylic acids is 1. The van der Waals surface area contributed by atoms with E-state index in [1.165, 1.54) is 0 Å². The lowest BCUT2D eigenvalue weighted by molar-refractivity contribution is -0.131. The summed E-state index contributed by atoms with van der Waals surface area (Å²) in [5, 5.41) is 0. The van der Waals surface area contributed by atoms with Crippen molar-refractivity contribution in [2.24, 2.45) is 0 Å². The van der Waals surface area contributed by atoms with Gasteiger partial charge in [0.1, 0.15) is 18.0 Å². The van der Waals surface area contributed by atoms with Gasteiger partial charge in [0.25, 0.3) is 0 Å². The third kappa shape index (κ3) is 4.07. The molecule has 1 aromatic rings. The van der Waals surface area contributed by atoms with Crippen molar-refractivity contribution in [3.63, 3.8) is 0 Å². The Kier molecular flexibility index (Phi) is 5.50. The monoisotopic (exact) mass is 360 g/mol. The standard InChI is InChI=1S/C18H28N6O2/c25-18(24-3-1-2-4-24)14-21-5-7-22(8-6-21)16-13-17(20-15-19-16)23-9-11-26-12-10-23/h13,15H,1-12,14H2. The van der Waals surface area contributed by atoms with Crippen LogP contribution in [0.15, 0.2) is 12.4 Å². The van der Waals surface area contributed by atoms with Crippen LogP contribution in [0.5, 0.6) is 0 Å². The fourth-order valence-corrected chi connectivity index (χ4v) is 3.87. The molecule has 0 bridgehead atoms. The third-order valence-corrected chi connectivity index (χ3v) is 5.49. The molecular weight excluding hydrogens is 332 g/mol. The SMILES string of the molecule is O=C(CN1CCN(c2cc(N3CCOCC3)ncn2)CC1)N1CCCC1. The molecule has 26 heavy (non-hydrogen) atoms. The molecule has 0 aromatic carbocycles. The zero-order valence-corrected chi connectivity index (χ0v) is 15.3. The highest BCUT2D eigenvalue weighted by Gasteiger charge is 2.24. The van der Waals surface area contributed by atoms with E-state index in [0.29, 0.717) is 6.54 Å². The van der Waals surface area contributed by atoms with Crippen LogP contribution in [-0.2, 0) is 9.53 Å². The molecule has 0 atom stereocenters. The van der Waals surface area contributed by atoms with Crippen LogP contribution in [0.1, 0.15) is 12.8 Å². The van der Waals surface area contributed by atoms with Gasteiger partial charge in [0.15, 0.2) is 0 Å². The van der Waals surface area contributed by atoms with Gasteiger partial charge in [-0.15, -0.1) is 0 Å². The molecule has 0 saturated carbocycles. The van der Waals surface area contributed by atoms with Crippen LogP contribution < -0.4 is 9.80 Å². The smallest absolute Gasteiger partial charge is 0.236 e. The van der Waals surface area contributed by atoms with Gasteiger partial charge in [-0.1, -0.05) is 0 Å².